The fraction of sp³-hybridized carbons (Fsp3) is 0.185. The van der Waals surface area contributed by atoms with E-state index in [0.29, 0.717) is 37.2 Å². The number of nitrogens with zero attached hydrogens (tertiary/aromatic N) is 1. The van der Waals surface area contributed by atoms with Crippen molar-refractivity contribution in [1.29, 1.82) is 0 Å². The first-order valence-corrected chi connectivity index (χ1v) is 13.0. The number of benzene rings is 3. The molecular formula is C27H23BrClNO5S. The van der Waals surface area contributed by atoms with E-state index < -0.39 is 0 Å². The predicted molar refractivity (Wildman–Crippen MR) is 146 cm³/mol. The first-order valence-electron chi connectivity index (χ1n) is 11.0. The maximum Gasteiger partial charge on any atom is 0.293 e. The van der Waals surface area contributed by atoms with Gasteiger partial charge in [0, 0.05) is 10.6 Å². The fourth-order valence-corrected chi connectivity index (χ4v) is 5.16. The number of aryl methyl sites for hydroxylation is 1. The number of hydrogen-bond donors (Lipinski definition) is 0. The molecule has 3 aromatic rings. The van der Waals surface area contributed by atoms with Crippen LogP contribution in [0, 0.1) is 6.92 Å². The summed E-state index contributed by atoms with van der Waals surface area (Å²) >= 11 is 10.7. The fourth-order valence-electron chi connectivity index (χ4n) is 3.53. The predicted octanol–water partition coefficient (Wildman–Crippen LogP) is 7.11. The van der Waals surface area contributed by atoms with Gasteiger partial charge in [-0.15, -0.1) is 0 Å². The second-order valence-electron chi connectivity index (χ2n) is 7.91. The topological polar surface area (TPSA) is 65.1 Å². The van der Waals surface area contributed by atoms with Gasteiger partial charge in [0.2, 0.25) is 0 Å². The van der Waals surface area contributed by atoms with Crippen LogP contribution in [0.15, 0.2) is 70.0 Å². The standard InChI is InChI=1S/C27H23BrClNO5S/c1-17-6-5-8-20(12-17)34-11-10-30-26(31)24(36-27(30)32)15-18-13-21(28)25(23(14-18)33-2)35-16-19-7-3-4-9-22(19)29/h3-9,12-15H,10-11,16H2,1-2H3/b24-15-. The van der Waals surface area contributed by atoms with Gasteiger partial charge in [-0.25, -0.2) is 0 Å². The number of carbonyl (C=O) groups excluding carboxylic acids is 2. The van der Waals surface area contributed by atoms with E-state index in [4.69, 9.17) is 25.8 Å². The summed E-state index contributed by atoms with van der Waals surface area (Å²) in [6.45, 7) is 2.61. The summed E-state index contributed by atoms with van der Waals surface area (Å²) in [5, 5.41) is 0.286. The molecule has 0 N–H and O–H groups in total. The number of hydrogen-bond acceptors (Lipinski definition) is 6. The molecule has 36 heavy (non-hydrogen) atoms. The maximum absolute atomic E-state index is 12.9. The Hall–Kier alpha value is -2.94. The Morgan fingerprint density at radius 3 is 2.61 bits per heavy atom. The van der Waals surface area contributed by atoms with Gasteiger partial charge >= 0.3 is 0 Å². The molecule has 4 rings (SSSR count). The third-order valence-electron chi connectivity index (χ3n) is 5.33. The average molecular weight is 589 g/mol. The lowest BCUT2D eigenvalue weighted by Crippen LogP contribution is -2.32. The number of amides is 2. The molecule has 3 aromatic carbocycles. The van der Waals surface area contributed by atoms with Crippen LogP contribution in [-0.4, -0.2) is 36.3 Å². The number of halogens is 2. The van der Waals surface area contributed by atoms with Crippen LogP contribution in [0.25, 0.3) is 6.08 Å². The molecule has 186 valence electrons. The van der Waals surface area contributed by atoms with Crippen LogP contribution in [0.2, 0.25) is 5.02 Å². The second kappa shape index (κ2) is 11.9. The normalized spacial score (nSPS) is 14.4. The number of rotatable bonds is 9. The van der Waals surface area contributed by atoms with Gasteiger partial charge in [0.15, 0.2) is 11.5 Å². The molecule has 0 aromatic heterocycles. The van der Waals surface area contributed by atoms with Crippen LogP contribution in [0.3, 0.4) is 0 Å². The highest BCUT2D eigenvalue weighted by atomic mass is 79.9. The molecule has 0 spiro atoms. The average Bonchev–Trinajstić information content (AvgIpc) is 3.11. The Morgan fingerprint density at radius 2 is 1.86 bits per heavy atom. The monoisotopic (exact) mass is 587 g/mol. The lowest BCUT2D eigenvalue weighted by atomic mass is 10.1. The zero-order valence-electron chi connectivity index (χ0n) is 19.6. The van der Waals surface area contributed by atoms with E-state index >= 15 is 0 Å². The van der Waals surface area contributed by atoms with Crippen molar-refractivity contribution in [3.05, 3.63) is 91.8 Å². The zero-order valence-corrected chi connectivity index (χ0v) is 22.8. The molecular weight excluding hydrogens is 566 g/mol. The highest BCUT2D eigenvalue weighted by Crippen LogP contribution is 2.39. The molecule has 1 aliphatic heterocycles. The van der Waals surface area contributed by atoms with Crippen molar-refractivity contribution >= 4 is 56.5 Å². The Balaban J connectivity index is 1.44. The lowest BCUT2D eigenvalue weighted by Gasteiger charge is -2.14. The molecule has 0 radical (unpaired) electrons. The van der Waals surface area contributed by atoms with Gasteiger partial charge in [0.05, 0.1) is 23.0 Å². The van der Waals surface area contributed by atoms with Gasteiger partial charge in [-0.05, 0) is 82.2 Å². The summed E-state index contributed by atoms with van der Waals surface area (Å²) in [5.41, 5.74) is 2.60. The summed E-state index contributed by atoms with van der Waals surface area (Å²) in [5.74, 6) is 1.34. The number of thioether (sulfide) groups is 1. The Kier molecular flexibility index (Phi) is 8.61. The molecule has 2 amide bonds. The summed E-state index contributed by atoms with van der Waals surface area (Å²) in [7, 11) is 1.54. The highest BCUT2D eigenvalue weighted by molar-refractivity contribution is 9.10. The van der Waals surface area contributed by atoms with E-state index in [9.17, 15) is 9.59 Å². The first kappa shape index (κ1) is 26.1. The van der Waals surface area contributed by atoms with Crippen LogP contribution < -0.4 is 14.2 Å². The van der Waals surface area contributed by atoms with Crippen LogP contribution in [0.5, 0.6) is 17.2 Å². The largest absolute Gasteiger partial charge is 0.493 e. The van der Waals surface area contributed by atoms with Gasteiger partial charge in [-0.2, -0.15) is 0 Å². The van der Waals surface area contributed by atoms with E-state index in [-0.39, 0.29) is 30.9 Å². The third kappa shape index (κ3) is 6.24. The molecule has 1 saturated heterocycles. The van der Waals surface area contributed by atoms with E-state index in [0.717, 1.165) is 22.9 Å². The number of imide groups is 1. The third-order valence-corrected chi connectivity index (χ3v) is 7.19. The van der Waals surface area contributed by atoms with Gasteiger partial charge < -0.3 is 14.2 Å². The molecule has 9 heteroatoms. The zero-order chi connectivity index (χ0) is 25.7. The minimum atomic E-state index is -0.355. The number of methoxy groups -OCH3 is 1. The summed E-state index contributed by atoms with van der Waals surface area (Å²) in [6.07, 6.45) is 1.66. The molecule has 0 bridgehead atoms. The minimum absolute atomic E-state index is 0.164. The minimum Gasteiger partial charge on any atom is -0.493 e. The van der Waals surface area contributed by atoms with Crippen molar-refractivity contribution in [3.8, 4) is 17.2 Å². The van der Waals surface area contributed by atoms with Gasteiger partial charge in [-0.1, -0.05) is 41.9 Å². The summed E-state index contributed by atoms with van der Waals surface area (Å²) < 4.78 is 17.8. The van der Waals surface area contributed by atoms with Crippen LogP contribution in [0.4, 0.5) is 4.79 Å². The van der Waals surface area contributed by atoms with Gasteiger partial charge in [0.1, 0.15) is 19.0 Å². The Bertz CT molecular complexity index is 1330. The summed E-state index contributed by atoms with van der Waals surface area (Å²) in [4.78, 5) is 26.9. The molecule has 0 unspecified atom stereocenters. The number of ether oxygens (including phenoxy) is 3. The quantitative estimate of drug-likeness (QED) is 0.248. The molecule has 1 heterocycles. The second-order valence-corrected chi connectivity index (χ2v) is 10.2. The maximum atomic E-state index is 12.9. The van der Waals surface area contributed by atoms with Crippen molar-refractivity contribution in [3.63, 3.8) is 0 Å². The number of carbonyl (C=O) groups is 2. The first-order chi connectivity index (χ1) is 17.4. The Labute approximate surface area is 227 Å². The van der Waals surface area contributed by atoms with Crippen LogP contribution in [0.1, 0.15) is 16.7 Å². The van der Waals surface area contributed by atoms with Crippen LogP contribution >= 0.6 is 39.3 Å². The van der Waals surface area contributed by atoms with Gasteiger partial charge in [0.25, 0.3) is 11.1 Å². The molecule has 6 nitrogen and oxygen atoms in total. The SMILES string of the molecule is COc1cc(/C=C2\SC(=O)N(CCOc3cccc(C)c3)C2=O)cc(Br)c1OCc1ccccc1Cl. The van der Waals surface area contributed by atoms with Crippen LogP contribution in [-0.2, 0) is 11.4 Å². The van der Waals surface area contributed by atoms with Crippen molar-refractivity contribution < 1.29 is 23.8 Å². The van der Waals surface area contributed by atoms with Crippen molar-refractivity contribution in [1.82, 2.24) is 4.90 Å². The molecule has 1 aliphatic rings. The lowest BCUT2D eigenvalue weighted by molar-refractivity contribution is -0.123. The molecule has 0 aliphatic carbocycles. The molecule has 0 atom stereocenters. The smallest absolute Gasteiger partial charge is 0.293 e. The van der Waals surface area contributed by atoms with Crippen molar-refractivity contribution in [2.75, 3.05) is 20.3 Å². The molecule has 0 saturated carbocycles. The van der Waals surface area contributed by atoms with E-state index in [1.165, 1.54) is 12.0 Å². The van der Waals surface area contributed by atoms with Crippen molar-refractivity contribution in [2.45, 2.75) is 13.5 Å². The van der Waals surface area contributed by atoms with E-state index in [2.05, 4.69) is 15.9 Å². The Morgan fingerprint density at radius 1 is 1.06 bits per heavy atom. The van der Waals surface area contributed by atoms with E-state index in [1.807, 2.05) is 49.4 Å². The summed E-state index contributed by atoms with van der Waals surface area (Å²) in [6, 6.07) is 18.6. The van der Waals surface area contributed by atoms with Gasteiger partial charge in [-0.3, -0.25) is 14.5 Å². The van der Waals surface area contributed by atoms with E-state index in [1.54, 1.807) is 24.3 Å². The van der Waals surface area contributed by atoms with Crippen molar-refractivity contribution in [2.24, 2.45) is 0 Å². The molecule has 1 fully saturated rings. The highest BCUT2D eigenvalue weighted by Gasteiger charge is 2.35.